The number of pyridine rings is 1. The van der Waals surface area contributed by atoms with Crippen molar-refractivity contribution >= 4 is 34.7 Å². The molecular formula is C14H16ClN3OS. The Bertz CT molecular complexity index is 600. The Labute approximate surface area is 127 Å². The van der Waals surface area contributed by atoms with Gasteiger partial charge >= 0.3 is 0 Å². The molecule has 0 atom stereocenters. The minimum Gasteiger partial charge on any atom is -0.370 e. The number of rotatable bonds is 5. The summed E-state index contributed by atoms with van der Waals surface area (Å²) in [6, 6.07) is 9.16. The predicted molar refractivity (Wildman–Crippen MR) is 83.5 cm³/mol. The van der Waals surface area contributed by atoms with Crippen molar-refractivity contribution < 1.29 is 4.79 Å². The van der Waals surface area contributed by atoms with Gasteiger partial charge in [0, 0.05) is 18.5 Å². The molecule has 0 aromatic carbocycles. The van der Waals surface area contributed by atoms with Gasteiger partial charge in [0.2, 0.25) is 0 Å². The SMILES string of the molecule is CCNc1cccc(C(=O)N(C)Cc2ccc(Cl)s2)n1. The lowest BCUT2D eigenvalue weighted by Gasteiger charge is -2.16. The summed E-state index contributed by atoms with van der Waals surface area (Å²) in [6.45, 7) is 3.29. The average molecular weight is 310 g/mol. The number of hydrogen-bond acceptors (Lipinski definition) is 4. The second kappa shape index (κ2) is 6.72. The molecule has 1 N–H and O–H groups in total. The monoisotopic (exact) mass is 309 g/mol. The molecule has 0 aliphatic heterocycles. The van der Waals surface area contributed by atoms with Crippen LogP contribution in [-0.4, -0.2) is 29.4 Å². The van der Waals surface area contributed by atoms with Gasteiger partial charge in [-0.2, -0.15) is 0 Å². The van der Waals surface area contributed by atoms with Crippen molar-refractivity contribution in [2.75, 3.05) is 18.9 Å². The number of carbonyl (C=O) groups is 1. The fraction of sp³-hybridized carbons (Fsp3) is 0.286. The molecule has 2 aromatic rings. The zero-order valence-corrected chi connectivity index (χ0v) is 13.0. The lowest BCUT2D eigenvalue weighted by atomic mass is 10.3. The van der Waals surface area contributed by atoms with Crippen LogP contribution in [0.25, 0.3) is 0 Å². The summed E-state index contributed by atoms with van der Waals surface area (Å²) >= 11 is 7.37. The van der Waals surface area contributed by atoms with E-state index in [-0.39, 0.29) is 5.91 Å². The molecule has 0 spiro atoms. The largest absolute Gasteiger partial charge is 0.370 e. The van der Waals surface area contributed by atoms with E-state index in [0.717, 1.165) is 15.8 Å². The van der Waals surface area contributed by atoms with Crippen LogP contribution in [0.4, 0.5) is 5.82 Å². The van der Waals surface area contributed by atoms with Crippen LogP contribution in [0.15, 0.2) is 30.3 Å². The number of amides is 1. The third kappa shape index (κ3) is 3.71. The lowest BCUT2D eigenvalue weighted by molar-refractivity contribution is 0.0781. The molecule has 20 heavy (non-hydrogen) atoms. The van der Waals surface area contributed by atoms with Gasteiger partial charge in [0.15, 0.2) is 0 Å². The first kappa shape index (κ1) is 14.8. The molecule has 0 radical (unpaired) electrons. The van der Waals surface area contributed by atoms with E-state index in [1.807, 2.05) is 31.2 Å². The Morgan fingerprint density at radius 1 is 1.40 bits per heavy atom. The first-order chi connectivity index (χ1) is 9.60. The molecule has 2 aromatic heterocycles. The van der Waals surface area contributed by atoms with E-state index in [0.29, 0.717) is 18.1 Å². The molecular weight excluding hydrogens is 294 g/mol. The number of anilines is 1. The van der Waals surface area contributed by atoms with E-state index in [1.165, 1.54) is 11.3 Å². The van der Waals surface area contributed by atoms with Crippen molar-refractivity contribution in [3.05, 3.63) is 45.2 Å². The van der Waals surface area contributed by atoms with Crippen LogP contribution in [0.3, 0.4) is 0 Å². The third-order valence-corrected chi connectivity index (χ3v) is 3.91. The Hall–Kier alpha value is -1.59. The minimum absolute atomic E-state index is 0.103. The van der Waals surface area contributed by atoms with Gasteiger partial charge in [0.1, 0.15) is 11.5 Å². The summed E-state index contributed by atoms with van der Waals surface area (Å²) < 4.78 is 0.730. The van der Waals surface area contributed by atoms with E-state index in [4.69, 9.17) is 11.6 Å². The molecule has 4 nitrogen and oxygen atoms in total. The molecule has 0 bridgehead atoms. The normalized spacial score (nSPS) is 10.3. The summed E-state index contributed by atoms with van der Waals surface area (Å²) in [4.78, 5) is 19.3. The van der Waals surface area contributed by atoms with E-state index in [9.17, 15) is 4.79 Å². The Kier molecular flexibility index (Phi) is 4.98. The number of carbonyl (C=O) groups excluding carboxylic acids is 1. The summed E-state index contributed by atoms with van der Waals surface area (Å²) in [7, 11) is 1.76. The van der Waals surface area contributed by atoms with Crippen LogP contribution in [0.1, 0.15) is 22.3 Å². The summed E-state index contributed by atoms with van der Waals surface area (Å²) in [6.07, 6.45) is 0. The fourth-order valence-electron chi connectivity index (χ4n) is 1.77. The third-order valence-electron chi connectivity index (χ3n) is 2.69. The second-order valence-electron chi connectivity index (χ2n) is 4.31. The number of nitrogens with one attached hydrogen (secondary N) is 1. The van der Waals surface area contributed by atoms with Crippen LogP contribution >= 0.6 is 22.9 Å². The van der Waals surface area contributed by atoms with Crippen molar-refractivity contribution in [3.63, 3.8) is 0 Å². The number of aromatic nitrogens is 1. The van der Waals surface area contributed by atoms with E-state index < -0.39 is 0 Å². The van der Waals surface area contributed by atoms with E-state index in [1.54, 1.807) is 18.0 Å². The maximum atomic E-state index is 12.3. The molecule has 6 heteroatoms. The highest BCUT2D eigenvalue weighted by atomic mass is 35.5. The number of halogens is 1. The van der Waals surface area contributed by atoms with Gasteiger partial charge in [-0.1, -0.05) is 17.7 Å². The van der Waals surface area contributed by atoms with E-state index in [2.05, 4.69) is 10.3 Å². The number of hydrogen-bond donors (Lipinski definition) is 1. The van der Waals surface area contributed by atoms with Crippen molar-refractivity contribution in [1.29, 1.82) is 0 Å². The van der Waals surface area contributed by atoms with E-state index >= 15 is 0 Å². The van der Waals surface area contributed by atoms with Crippen LogP contribution in [0.2, 0.25) is 4.34 Å². The van der Waals surface area contributed by atoms with Gasteiger partial charge in [0.05, 0.1) is 10.9 Å². The van der Waals surface area contributed by atoms with Crippen molar-refractivity contribution in [3.8, 4) is 0 Å². The minimum atomic E-state index is -0.103. The van der Waals surface area contributed by atoms with Gasteiger partial charge < -0.3 is 10.2 Å². The molecule has 0 unspecified atom stereocenters. The van der Waals surface area contributed by atoms with Gasteiger partial charge in [0.25, 0.3) is 5.91 Å². The Morgan fingerprint density at radius 3 is 2.85 bits per heavy atom. The molecule has 0 aliphatic rings. The lowest BCUT2D eigenvalue weighted by Crippen LogP contribution is -2.26. The highest BCUT2D eigenvalue weighted by Crippen LogP contribution is 2.22. The molecule has 0 saturated carbocycles. The molecule has 0 aliphatic carbocycles. The fourth-order valence-corrected chi connectivity index (χ4v) is 2.91. The topological polar surface area (TPSA) is 45.2 Å². The second-order valence-corrected chi connectivity index (χ2v) is 6.11. The molecule has 106 valence electrons. The standard InChI is InChI=1S/C14H16ClN3OS/c1-3-16-13-6-4-5-11(17-13)14(19)18(2)9-10-7-8-12(15)20-10/h4-8H,3,9H2,1-2H3,(H,16,17). The van der Waals surface area contributed by atoms with Crippen LogP contribution in [0, 0.1) is 0 Å². The van der Waals surface area contributed by atoms with Crippen LogP contribution in [0.5, 0.6) is 0 Å². The zero-order chi connectivity index (χ0) is 14.5. The zero-order valence-electron chi connectivity index (χ0n) is 11.4. The molecule has 1 amide bonds. The Balaban J connectivity index is 2.07. The first-order valence-corrected chi connectivity index (χ1v) is 7.50. The molecule has 0 saturated heterocycles. The summed E-state index contributed by atoms with van der Waals surface area (Å²) in [5.41, 5.74) is 0.439. The predicted octanol–water partition coefficient (Wildman–Crippen LogP) is 3.50. The smallest absolute Gasteiger partial charge is 0.272 e. The van der Waals surface area contributed by atoms with Gasteiger partial charge in [-0.15, -0.1) is 11.3 Å². The van der Waals surface area contributed by atoms with Gasteiger partial charge in [-0.3, -0.25) is 4.79 Å². The maximum absolute atomic E-state index is 12.3. The molecule has 0 fully saturated rings. The maximum Gasteiger partial charge on any atom is 0.272 e. The summed E-state index contributed by atoms with van der Waals surface area (Å²) in [5.74, 6) is 0.611. The quantitative estimate of drug-likeness (QED) is 0.919. The molecule has 2 heterocycles. The highest BCUT2D eigenvalue weighted by molar-refractivity contribution is 7.16. The number of nitrogens with zero attached hydrogens (tertiary/aromatic N) is 2. The van der Waals surface area contributed by atoms with Crippen LogP contribution in [-0.2, 0) is 6.54 Å². The first-order valence-electron chi connectivity index (χ1n) is 6.30. The van der Waals surface area contributed by atoms with Crippen LogP contribution < -0.4 is 5.32 Å². The average Bonchev–Trinajstić information content (AvgIpc) is 2.84. The van der Waals surface area contributed by atoms with Gasteiger partial charge in [-0.25, -0.2) is 4.98 Å². The Morgan fingerprint density at radius 2 is 2.20 bits per heavy atom. The van der Waals surface area contributed by atoms with Crippen molar-refractivity contribution in [2.45, 2.75) is 13.5 Å². The highest BCUT2D eigenvalue weighted by Gasteiger charge is 2.14. The van der Waals surface area contributed by atoms with Crippen molar-refractivity contribution in [2.24, 2.45) is 0 Å². The van der Waals surface area contributed by atoms with Gasteiger partial charge in [-0.05, 0) is 31.2 Å². The number of thiophene rings is 1. The molecule has 2 rings (SSSR count). The van der Waals surface area contributed by atoms with Crippen molar-refractivity contribution in [1.82, 2.24) is 9.88 Å². The summed E-state index contributed by atoms with van der Waals surface area (Å²) in [5, 5.41) is 3.10.